The number of amides is 2. The van der Waals surface area contributed by atoms with Crippen LogP contribution in [0, 0.1) is 19.8 Å². The topological polar surface area (TPSA) is 40.6 Å². The highest BCUT2D eigenvalue weighted by molar-refractivity contribution is 5.95. The molecule has 2 amide bonds. The molecule has 0 N–H and O–H groups in total. The quantitative estimate of drug-likeness (QED) is 0.785. The van der Waals surface area contributed by atoms with Gasteiger partial charge in [0, 0.05) is 38.2 Å². The fourth-order valence-electron chi connectivity index (χ4n) is 3.92. The summed E-state index contributed by atoms with van der Waals surface area (Å²) >= 11 is 0. The van der Waals surface area contributed by atoms with Gasteiger partial charge in [-0.2, -0.15) is 0 Å². The van der Waals surface area contributed by atoms with Gasteiger partial charge in [-0.15, -0.1) is 0 Å². The molecular formula is C24H30N2O2. The summed E-state index contributed by atoms with van der Waals surface area (Å²) in [6, 6.07) is 16.2. The molecule has 2 aromatic rings. The fourth-order valence-corrected chi connectivity index (χ4v) is 3.92. The van der Waals surface area contributed by atoms with Crippen molar-refractivity contribution in [2.45, 2.75) is 39.5 Å². The van der Waals surface area contributed by atoms with Gasteiger partial charge < -0.3 is 9.80 Å². The molecule has 0 atom stereocenters. The van der Waals surface area contributed by atoms with E-state index in [1.54, 1.807) is 4.90 Å². The summed E-state index contributed by atoms with van der Waals surface area (Å²) in [5.74, 6) is 0.339. The molecule has 0 bridgehead atoms. The van der Waals surface area contributed by atoms with Gasteiger partial charge in [-0.3, -0.25) is 9.59 Å². The summed E-state index contributed by atoms with van der Waals surface area (Å²) in [6.07, 6.45) is 2.79. The molecule has 0 aliphatic carbocycles. The largest absolute Gasteiger partial charge is 0.343 e. The normalized spacial score (nSPS) is 14.8. The first-order chi connectivity index (χ1) is 13.5. The third-order valence-corrected chi connectivity index (χ3v) is 5.94. The molecule has 4 heteroatoms. The lowest BCUT2D eigenvalue weighted by molar-refractivity contribution is -0.134. The molecule has 2 aromatic carbocycles. The van der Waals surface area contributed by atoms with E-state index >= 15 is 0 Å². The summed E-state index contributed by atoms with van der Waals surface area (Å²) in [5, 5.41) is 0. The number of likely N-dealkylation sites (tertiary alicyclic amines) is 1. The summed E-state index contributed by atoms with van der Waals surface area (Å²) in [6.45, 7) is 5.47. The van der Waals surface area contributed by atoms with Crippen LogP contribution in [-0.2, 0) is 16.0 Å². The Bertz CT molecular complexity index is 824. The first kappa shape index (κ1) is 20.1. The highest BCUT2D eigenvalue weighted by Gasteiger charge is 2.29. The number of nitrogens with zero attached hydrogens (tertiary/aromatic N) is 2. The summed E-state index contributed by atoms with van der Waals surface area (Å²) in [5.41, 5.74) is 4.50. The van der Waals surface area contributed by atoms with Crippen LogP contribution in [0.2, 0.25) is 0 Å². The molecule has 1 aliphatic rings. The lowest BCUT2D eigenvalue weighted by Crippen LogP contribution is -2.43. The lowest BCUT2D eigenvalue weighted by Gasteiger charge is -2.33. The van der Waals surface area contributed by atoms with E-state index in [0.29, 0.717) is 19.5 Å². The van der Waals surface area contributed by atoms with E-state index in [4.69, 9.17) is 0 Å². The maximum Gasteiger partial charge on any atom is 0.229 e. The Hall–Kier alpha value is -2.62. The number of piperidine rings is 1. The Morgan fingerprint density at radius 3 is 2.36 bits per heavy atom. The van der Waals surface area contributed by atoms with Crippen LogP contribution in [-0.4, -0.2) is 36.9 Å². The number of rotatable bonds is 5. The second kappa shape index (κ2) is 9.05. The van der Waals surface area contributed by atoms with Crippen LogP contribution in [0.1, 0.15) is 36.0 Å². The van der Waals surface area contributed by atoms with E-state index in [9.17, 15) is 9.59 Å². The molecule has 0 aromatic heterocycles. The van der Waals surface area contributed by atoms with Crippen molar-refractivity contribution in [2.75, 3.05) is 25.0 Å². The van der Waals surface area contributed by atoms with Gasteiger partial charge in [0.25, 0.3) is 0 Å². The SMILES string of the molecule is Cc1cccc(N(C)C(=O)C2CCN(C(=O)CCc3ccccc3)CC2)c1C. The number of carbonyl (C=O) groups is 2. The summed E-state index contributed by atoms with van der Waals surface area (Å²) < 4.78 is 0. The van der Waals surface area contributed by atoms with Gasteiger partial charge in [0.1, 0.15) is 0 Å². The van der Waals surface area contributed by atoms with E-state index in [1.165, 1.54) is 11.1 Å². The number of hydrogen-bond donors (Lipinski definition) is 0. The van der Waals surface area contributed by atoms with E-state index < -0.39 is 0 Å². The van der Waals surface area contributed by atoms with Gasteiger partial charge in [-0.05, 0) is 55.9 Å². The Morgan fingerprint density at radius 2 is 1.68 bits per heavy atom. The predicted octanol–water partition coefficient (Wildman–Crippen LogP) is 4.14. The van der Waals surface area contributed by atoms with Gasteiger partial charge >= 0.3 is 0 Å². The second-order valence-electron chi connectivity index (χ2n) is 7.76. The van der Waals surface area contributed by atoms with Crippen molar-refractivity contribution in [1.82, 2.24) is 4.90 Å². The number of benzene rings is 2. The lowest BCUT2D eigenvalue weighted by atomic mass is 9.94. The highest BCUT2D eigenvalue weighted by atomic mass is 16.2. The van der Waals surface area contributed by atoms with Gasteiger partial charge in [-0.1, -0.05) is 42.5 Å². The minimum Gasteiger partial charge on any atom is -0.343 e. The second-order valence-corrected chi connectivity index (χ2v) is 7.76. The van der Waals surface area contributed by atoms with E-state index in [-0.39, 0.29) is 17.7 Å². The molecule has 148 valence electrons. The van der Waals surface area contributed by atoms with Crippen LogP contribution in [0.3, 0.4) is 0 Å². The Balaban J connectivity index is 1.52. The van der Waals surface area contributed by atoms with Gasteiger partial charge in [0.2, 0.25) is 11.8 Å². The number of hydrogen-bond acceptors (Lipinski definition) is 2. The van der Waals surface area contributed by atoms with Crippen LogP contribution in [0.25, 0.3) is 0 Å². The Kier molecular flexibility index (Phi) is 6.50. The monoisotopic (exact) mass is 378 g/mol. The predicted molar refractivity (Wildman–Crippen MR) is 113 cm³/mol. The maximum atomic E-state index is 13.0. The van der Waals surface area contributed by atoms with Gasteiger partial charge in [-0.25, -0.2) is 0 Å². The van der Waals surface area contributed by atoms with Crippen LogP contribution in [0.15, 0.2) is 48.5 Å². The van der Waals surface area contributed by atoms with Crippen molar-refractivity contribution in [1.29, 1.82) is 0 Å². The molecular weight excluding hydrogens is 348 g/mol. The maximum absolute atomic E-state index is 13.0. The summed E-state index contributed by atoms with van der Waals surface area (Å²) in [4.78, 5) is 29.2. The zero-order valence-corrected chi connectivity index (χ0v) is 17.1. The van der Waals surface area contributed by atoms with E-state index in [0.717, 1.165) is 30.5 Å². The molecule has 1 heterocycles. The van der Waals surface area contributed by atoms with Gasteiger partial charge in [0.05, 0.1) is 0 Å². The first-order valence-electron chi connectivity index (χ1n) is 10.1. The van der Waals surface area contributed by atoms with Crippen LogP contribution < -0.4 is 4.90 Å². The smallest absolute Gasteiger partial charge is 0.229 e. The van der Waals surface area contributed by atoms with Crippen molar-refractivity contribution in [3.8, 4) is 0 Å². The molecule has 0 unspecified atom stereocenters. The average Bonchev–Trinajstić information content (AvgIpc) is 2.74. The van der Waals surface area contributed by atoms with Crippen LogP contribution in [0.5, 0.6) is 0 Å². The first-order valence-corrected chi connectivity index (χ1v) is 10.1. The standard InChI is InChI=1S/C24H30N2O2/c1-18-8-7-11-22(19(18)2)25(3)24(28)21-14-16-26(17-15-21)23(27)13-12-20-9-5-4-6-10-20/h4-11,21H,12-17H2,1-3H3. The zero-order valence-electron chi connectivity index (χ0n) is 17.1. The van der Waals surface area contributed by atoms with Crippen molar-refractivity contribution < 1.29 is 9.59 Å². The number of aryl methyl sites for hydroxylation is 2. The molecule has 1 saturated heterocycles. The van der Waals surface area contributed by atoms with Crippen molar-refractivity contribution in [3.63, 3.8) is 0 Å². The third kappa shape index (κ3) is 4.61. The fraction of sp³-hybridized carbons (Fsp3) is 0.417. The van der Waals surface area contributed by atoms with Crippen molar-refractivity contribution in [2.24, 2.45) is 5.92 Å². The number of carbonyl (C=O) groups excluding carboxylic acids is 2. The molecule has 1 aliphatic heterocycles. The highest BCUT2D eigenvalue weighted by Crippen LogP contribution is 2.26. The molecule has 4 nitrogen and oxygen atoms in total. The minimum atomic E-state index is -0.0110. The molecule has 1 fully saturated rings. The number of anilines is 1. The van der Waals surface area contributed by atoms with Crippen molar-refractivity contribution >= 4 is 17.5 Å². The molecule has 0 saturated carbocycles. The van der Waals surface area contributed by atoms with E-state index in [1.807, 2.05) is 42.3 Å². The molecule has 3 rings (SSSR count). The average molecular weight is 379 g/mol. The molecule has 0 spiro atoms. The third-order valence-electron chi connectivity index (χ3n) is 5.94. The zero-order chi connectivity index (χ0) is 20.1. The molecule has 0 radical (unpaired) electrons. The van der Waals surface area contributed by atoms with Crippen LogP contribution in [0.4, 0.5) is 5.69 Å². The van der Waals surface area contributed by atoms with Crippen molar-refractivity contribution in [3.05, 3.63) is 65.2 Å². The summed E-state index contributed by atoms with van der Waals surface area (Å²) in [7, 11) is 1.86. The molecule has 28 heavy (non-hydrogen) atoms. The van der Waals surface area contributed by atoms with E-state index in [2.05, 4.69) is 32.0 Å². The Morgan fingerprint density at radius 1 is 1.00 bits per heavy atom. The van der Waals surface area contributed by atoms with Gasteiger partial charge in [0.15, 0.2) is 0 Å². The van der Waals surface area contributed by atoms with Crippen LogP contribution >= 0.6 is 0 Å². The minimum absolute atomic E-state index is 0.0110. The Labute approximate surface area is 168 Å².